The molecule has 4 saturated carbocycles. The molecule has 2 atom stereocenters. The molecule has 0 unspecified atom stereocenters. The van der Waals surface area contributed by atoms with Crippen molar-refractivity contribution in [3.8, 4) is 0 Å². The Labute approximate surface area is 156 Å². The number of amides is 1. The predicted molar refractivity (Wildman–Crippen MR) is 91.5 cm³/mol. The van der Waals surface area contributed by atoms with Gasteiger partial charge in [-0.3, -0.25) is 4.79 Å². The maximum absolute atomic E-state index is 13.5. The molecule has 4 aliphatic rings. The fourth-order valence-corrected chi connectivity index (χ4v) is 6.23. The molecule has 1 amide bonds. The molecule has 2 N–H and O–H groups in total. The molecule has 4 fully saturated rings. The van der Waals surface area contributed by atoms with Crippen LogP contribution in [0, 0.1) is 23.2 Å². The second-order valence-electron chi connectivity index (χ2n) is 9.08. The van der Waals surface area contributed by atoms with Gasteiger partial charge in [0.25, 0.3) is 0 Å². The van der Waals surface area contributed by atoms with Gasteiger partial charge in [0.15, 0.2) is 0 Å². The molecule has 27 heavy (non-hydrogen) atoms. The summed E-state index contributed by atoms with van der Waals surface area (Å²) in [4.78, 5) is 12.5. The SMILES string of the molecule is C[C@H](NC(=O)C[C@@](O)(c1ccco1)C(F)(F)F)C12CC3CC(CC(C3)C1)C2. The van der Waals surface area contributed by atoms with Gasteiger partial charge in [-0.1, -0.05) is 0 Å². The van der Waals surface area contributed by atoms with Gasteiger partial charge >= 0.3 is 6.18 Å². The largest absolute Gasteiger partial charge is 0.466 e. The Bertz CT molecular complexity index is 665. The van der Waals surface area contributed by atoms with Crippen molar-refractivity contribution in [2.24, 2.45) is 23.2 Å². The molecule has 4 aliphatic carbocycles. The predicted octanol–water partition coefficient (Wildman–Crippen LogP) is 4.14. The normalized spacial score (nSPS) is 35.7. The minimum atomic E-state index is -5.01. The summed E-state index contributed by atoms with van der Waals surface area (Å²) in [5.41, 5.74) is -3.33. The van der Waals surface area contributed by atoms with Crippen LogP contribution in [0.15, 0.2) is 22.8 Å². The lowest BCUT2D eigenvalue weighted by atomic mass is 9.48. The van der Waals surface area contributed by atoms with E-state index in [-0.39, 0.29) is 11.5 Å². The van der Waals surface area contributed by atoms with E-state index >= 15 is 0 Å². The standard InChI is InChI=1S/C20H26F3NO3/c1-12(18-8-13-5-14(9-18)7-15(6-13)10-18)24-17(25)11-19(26,20(21,22)23)16-3-2-4-27-16/h2-4,12-15,26H,5-11H2,1H3,(H,24,25)/t12-,13?,14?,15?,18?,19+/m0/s1. The summed E-state index contributed by atoms with van der Waals surface area (Å²) in [7, 11) is 0. The summed E-state index contributed by atoms with van der Waals surface area (Å²) in [5, 5.41) is 13.0. The molecule has 4 nitrogen and oxygen atoms in total. The third-order valence-corrected chi connectivity index (χ3v) is 7.20. The van der Waals surface area contributed by atoms with Crippen LogP contribution >= 0.6 is 0 Å². The zero-order valence-electron chi connectivity index (χ0n) is 15.4. The van der Waals surface area contributed by atoms with Gasteiger partial charge < -0.3 is 14.8 Å². The monoisotopic (exact) mass is 385 g/mol. The Morgan fingerprint density at radius 3 is 2.26 bits per heavy atom. The molecule has 7 heteroatoms. The highest BCUT2D eigenvalue weighted by atomic mass is 19.4. The van der Waals surface area contributed by atoms with Crippen molar-refractivity contribution in [1.29, 1.82) is 0 Å². The summed E-state index contributed by atoms with van der Waals surface area (Å²) < 4.78 is 45.2. The second kappa shape index (κ2) is 6.26. The third-order valence-electron chi connectivity index (χ3n) is 7.20. The molecular formula is C20H26F3NO3. The van der Waals surface area contributed by atoms with Crippen LogP contribution in [-0.2, 0) is 10.4 Å². The Morgan fingerprint density at radius 2 is 1.81 bits per heavy atom. The summed E-state index contributed by atoms with van der Waals surface area (Å²) in [6.45, 7) is 1.91. The lowest BCUT2D eigenvalue weighted by Crippen LogP contribution is -2.56. The van der Waals surface area contributed by atoms with Crippen LogP contribution in [0.4, 0.5) is 13.2 Å². The van der Waals surface area contributed by atoms with Crippen molar-refractivity contribution in [2.75, 3.05) is 0 Å². The molecule has 1 heterocycles. The maximum atomic E-state index is 13.5. The Morgan fingerprint density at radius 1 is 1.26 bits per heavy atom. The summed E-state index contributed by atoms with van der Waals surface area (Å²) in [6, 6.07) is 2.11. The smallest absolute Gasteiger partial charge is 0.425 e. The zero-order valence-corrected chi connectivity index (χ0v) is 15.4. The van der Waals surface area contributed by atoms with Crippen LogP contribution in [0.2, 0.25) is 0 Å². The first kappa shape index (κ1) is 18.8. The van der Waals surface area contributed by atoms with Crippen molar-refractivity contribution in [1.82, 2.24) is 5.32 Å². The number of hydrogen-bond acceptors (Lipinski definition) is 3. The molecular weight excluding hydrogens is 359 g/mol. The quantitative estimate of drug-likeness (QED) is 0.801. The molecule has 0 spiro atoms. The topological polar surface area (TPSA) is 62.5 Å². The number of halogens is 3. The molecule has 0 radical (unpaired) electrons. The lowest BCUT2D eigenvalue weighted by Gasteiger charge is -2.59. The second-order valence-corrected chi connectivity index (χ2v) is 9.08. The molecule has 0 aromatic carbocycles. The van der Waals surface area contributed by atoms with Gasteiger partial charge in [0, 0.05) is 6.04 Å². The van der Waals surface area contributed by atoms with E-state index in [4.69, 9.17) is 4.42 Å². The maximum Gasteiger partial charge on any atom is 0.425 e. The van der Waals surface area contributed by atoms with E-state index in [9.17, 15) is 23.1 Å². The first-order chi connectivity index (χ1) is 12.6. The minimum absolute atomic E-state index is 0.00849. The minimum Gasteiger partial charge on any atom is -0.466 e. The van der Waals surface area contributed by atoms with Gasteiger partial charge in [-0.15, -0.1) is 0 Å². The zero-order chi connectivity index (χ0) is 19.4. The number of carbonyl (C=O) groups is 1. The number of hydrogen-bond donors (Lipinski definition) is 2. The van der Waals surface area contributed by atoms with Crippen LogP contribution in [0.25, 0.3) is 0 Å². The van der Waals surface area contributed by atoms with Crippen molar-refractivity contribution in [3.63, 3.8) is 0 Å². The molecule has 0 saturated heterocycles. The van der Waals surface area contributed by atoms with Gasteiger partial charge in [0.1, 0.15) is 5.76 Å². The molecule has 4 bridgehead atoms. The van der Waals surface area contributed by atoms with Gasteiger partial charge in [-0.2, -0.15) is 13.2 Å². The first-order valence-corrected chi connectivity index (χ1v) is 9.74. The third kappa shape index (κ3) is 3.18. The van der Waals surface area contributed by atoms with Crippen molar-refractivity contribution >= 4 is 5.91 Å². The highest BCUT2D eigenvalue weighted by molar-refractivity contribution is 5.77. The highest BCUT2D eigenvalue weighted by Gasteiger charge is 2.59. The fraction of sp³-hybridized carbons (Fsp3) is 0.750. The van der Waals surface area contributed by atoms with Crippen LogP contribution in [-0.4, -0.2) is 23.2 Å². The number of furan rings is 1. The van der Waals surface area contributed by atoms with Crippen molar-refractivity contribution < 1.29 is 27.5 Å². The number of carbonyl (C=O) groups excluding carboxylic acids is 1. The number of aliphatic hydroxyl groups is 1. The molecule has 1 aromatic rings. The van der Waals surface area contributed by atoms with E-state index in [0.717, 1.165) is 31.6 Å². The van der Waals surface area contributed by atoms with E-state index in [2.05, 4.69) is 5.32 Å². The van der Waals surface area contributed by atoms with E-state index in [0.29, 0.717) is 17.8 Å². The summed E-state index contributed by atoms with van der Waals surface area (Å²) in [6.07, 6.45) is 1.85. The van der Waals surface area contributed by atoms with E-state index < -0.39 is 29.9 Å². The van der Waals surface area contributed by atoms with Gasteiger partial charge in [0.05, 0.1) is 12.7 Å². The van der Waals surface area contributed by atoms with Crippen molar-refractivity contribution in [2.45, 2.75) is 69.7 Å². The average molecular weight is 385 g/mol. The molecule has 1 aromatic heterocycles. The van der Waals surface area contributed by atoms with Crippen molar-refractivity contribution in [3.05, 3.63) is 24.2 Å². The number of rotatable bonds is 5. The van der Waals surface area contributed by atoms with Gasteiger partial charge in [-0.25, -0.2) is 0 Å². The van der Waals surface area contributed by atoms with E-state index in [1.54, 1.807) is 0 Å². The summed E-state index contributed by atoms with van der Waals surface area (Å²) >= 11 is 0. The highest BCUT2D eigenvalue weighted by Crippen LogP contribution is 2.61. The molecule has 0 aliphatic heterocycles. The first-order valence-electron chi connectivity index (χ1n) is 9.74. The Balaban J connectivity index is 1.47. The molecule has 150 valence electrons. The average Bonchev–Trinajstić information content (AvgIpc) is 3.07. The summed E-state index contributed by atoms with van der Waals surface area (Å²) in [5.74, 6) is 0.601. The Hall–Kier alpha value is -1.50. The van der Waals surface area contributed by atoms with E-state index in [1.165, 1.54) is 25.3 Å². The van der Waals surface area contributed by atoms with Crippen LogP contribution in [0.5, 0.6) is 0 Å². The van der Waals surface area contributed by atoms with E-state index in [1.807, 2.05) is 6.92 Å². The van der Waals surface area contributed by atoms with Crippen LogP contribution in [0.3, 0.4) is 0 Å². The fourth-order valence-electron chi connectivity index (χ4n) is 6.23. The lowest BCUT2D eigenvalue weighted by molar-refractivity contribution is -0.273. The molecule has 5 rings (SSSR count). The van der Waals surface area contributed by atoms with Gasteiger partial charge in [0.2, 0.25) is 11.5 Å². The van der Waals surface area contributed by atoms with Crippen LogP contribution in [0.1, 0.15) is 57.6 Å². The van der Waals surface area contributed by atoms with Crippen LogP contribution < -0.4 is 5.32 Å². The Kier molecular flexibility index (Phi) is 4.37. The van der Waals surface area contributed by atoms with Gasteiger partial charge in [-0.05, 0) is 80.8 Å². The number of alkyl halides is 3. The number of nitrogens with one attached hydrogen (secondary N) is 1.